The lowest BCUT2D eigenvalue weighted by atomic mass is 10.00. The summed E-state index contributed by atoms with van der Waals surface area (Å²) in [5, 5.41) is 3.42. The lowest BCUT2D eigenvalue weighted by molar-refractivity contribution is 0.440. The fraction of sp³-hybridized carbons (Fsp3) is 0.750. The summed E-state index contributed by atoms with van der Waals surface area (Å²) in [6.45, 7) is 7.19. The summed E-state index contributed by atoms with van der Waals surface area (Å²) in [6, 6.07) is 0.610. The third-order valence-corrected chi connectivity index (χ3v) is 1.91. The van der Waals surface area contributed by atoms with Crippen molar-refractivity contribution in [2.75, 3.05) is 6.54 Å². The molecule has 1 saturated heterocycles. The van der Waals surface area contributed by atoms with Crippen molar-refractivity contribution < 1.29 is 0 Å². The molecule has 1 heteroatoms. The van der Waals surface area contributed by atoms with E-state index >= 15 is 0 Å². The zero-order valence-corrected chi connectivity index (χ0v) is 6.11. The molecule has 0 aromatic carbocycles. The van der Waals surface area contributed by atoms with E-state index in [0.717, 1.165) is 0 Å². The molecule has 1 fully saturated rings. The molecule has 0 amide bonds. The van der Waals surface area contributed by atoms with Crippen LogP contribution in [0.15, 0.2) is 12.2 Å². The number of nitrogens with one attached hydrogen (secondary N) is 1. The Morgan fingerprint density at radius 2 is 2.33 bits per heavy atom. The summed E-state index contributed by atoms with van der Waals surface area (Å²) in [7, 11) is 0. The molecule has 0 radical (unpaired) electrons. The molecule has 0 bridgehead atoms. The molecule has 0 aliphatic carbocycles. The highest BCUT2D eigenvalue weighted by atomic mass is 14.9. The van der Waals surface area contributed by atoms with E-state index in [1.165, 1.54) is 31.4 Å². The molecule has 1 aliphatic heterocycles. The second-order valence-corrected chi connectivity index (χ2v) is 2.85. The first kappa shape index (κ1) is 6.81. The molecule has 1 heterocycles. The van der Waals surface area contributed by atoms with Crippen molar-refractivity contribution in [1.82, 2.24) is 5.32 Å². The first-order valence-corrected chi connectivity index (χ1v) is 3.69. The quantitative estimate of drug-likeness (QED) is 0.526. The first-order valence-electron chi connectivity index (χ1n) is 3.69. The third-order valence-electron chi connectivity index (χ3n) is 1.91. The van der Waals surface area contributed by atoms with Crippen molar-refractivity contribution in [2.24, 2.45) is 0 Å². The van der Waals surface area contributed by atoms with Crippen LogP contribution in [0.2, 0.25) is 0 Å². The lowest BCUT2D eigenvalue weighted by Gasteiger charge is -2.23. The smallest absolute Gasteiger partial charge is 0.0274 e. The van der Waals surface area contributed by atoms with E-state index in [4.69, 9.17) is 0 Å². The van der Waals surface area contributed by atoms with Gasteiger partial charge in [0.25, 0.3) is 0 Å². The van der Waals surface area contributed by atoms with Gasteiger partial charge >= 0.3 is 0 Å². The van der Waals surface area contributed by atoms with Crippen LogP contribution in [-0.4, -0.2) is 12.6 Å². The van der Waals surface area contributed by atoms with Crippen molar-refractivity contribution >= 4 is 0 Å². The second-order valence-electron chi connectivity index (χ2n) is 2.85. The minimum absolute atomic E-state index is 0.610. The molecule has 0 aromatic rings. The maximum Gasteiger partial charge on any atom is 0.0274 e. The Morgan fingerprint density at radius 3 is 2.67 bits per heavy atom. The summed E-state index contributed by atoms with van der Waals surface area (Å²) < 4.78 is 0. The van der Waals surface area contributed by atoms with Crippen LogP contribution < -0.4 is 5.32 Å². The highest BCUT2D eigenvalue weighted by Gasteiger charge is 2.11. The van der Waals surface area contributed by atoms with E-state index in [0.29, 0.717) is 6.04 Å². The van der Waals surface area contributed by atoms with E-state index in [1.807, 2.05) is 0 Å². The van der Waals surface area contributed by atoms with Crippen LogP contribution in [-0.2, 0) is 0 Å². The molecule has 0 aromatic heterocycles. The van der Waals surface area contributed by atoms with Crippen LogP contribution in [0.4, 0.5) is 0 Å². The van der Waals surface area contributed by atoms with Crippen molar-refractivity contribution in [2.45, 2.75) is 32.2 Å². The van der Waals surface area contributed by atoms with Crippen molar-refractivity contribution in [1.29, 1.82) is 0 Å². The minimum atomic E-state index is 0.610. The highest BCUT2D eigenvalue weighted by molar-refractivity contribution is 5.02. The van der Waals surface area contributed by atoms with Gasteiger partial charge in [-0.3, -0.25) is 0 Å². The maximum atomic E-state index is 3.92. The summed E-state index contributed by atoms with van der Waals surface area (Å²) in [5.74, 6) is 0. The van der Waals surface area contributed by atoms with E-state index in [2.05, 4.69) is 18.8 Å². The van der Waals surface area contributed by atoms with Gasteiger partial charge < -0.3 is 5.32 Å². The molecule has 0 spiro atoms. The second kappa shape index (κ2) is 3.02. The number of piperidine rings is 1. The Bertz CT molecular complexity index is 101. The molecule has 1 aliphatic rings. The Balaban J connectivity index is 2.31. The van der Waals surface area contributed by atoms with Crippen LogP contribution in [0.5, 0.6) is 0 Å². The molecule has 52 valence electrons. The number of hydrogen-bond donors (Lipinski definition) is 1. The number of rotatable bonds is 1. The summed E-state index contributed by atoms with van der Waals surface area (Å²) in [6.07, 6.45) is 3.99. The molecule has 9 heavy (non-hydrogen) atoms. The first-order chi connectivity index (χ1) is 4.30. The van der Waals surface area contributed by atoms with Crippen LogP contribution in [0.25, 0.3) is 0 Å². The summed E-state index contributed by atoms with van der Waals surface area (Å²) in [4.78, 5) is 0. The van der Waals surface area contributed by atoms with Gasteiger partial charge in [0.05, 0.1) is 0 Å². The van der Waals surface area contributed by atoms with E-state index < -0.39 is 0 Å². The molecule has 0 saturated carbocycles. The van der Waals surface area contributed by atoms with Gasteiger partial charge in [0.15, 0.2) is 0 Å². The Hall–Kier alpha value is -0.300. The third kappa shape index (κ3) is 1.83. The van der Waals surface area contributed by atoms with E-state index in [9.17, 15) is 0 Å². The van der Waals surface area contributed by atoms with Crippen molar-refractivity contribution in [3.05, 3.63) is 12.2 Å². The van der Waals surface area contributed by atoms with E-state index in [1.54, 1.807) is 0 Å². The van der Waals surface area contributed by atoms with E-state index in [-0.39, 0.29) is 0 Å². The predicted molar refractivity (Wildman–Crippen MR) is 40.5 cm³/mol. The normalized spacial score (nSPS) is 27.9. The van der Waals surface area contributed by atoms with Crippen LogP contribution in [0.1, 0.15) is 26.2 Å². The molecular weight excluding hydrogens is 110 g/mol. The molecule has 1 rings (SSSR count). The Labute approximate surface area is 57.1 Å². The van der Waals surface area contributed by atoms with Crippen LogP contribution >= 0.6 is 0 Å². The standard InChI is InChI=1S/C8H15N/c1-7(2)8-5-3-4-6-9-8/h8-9H,1,3-6H2,2H3/t8-/m1/s1. The van der Waals surface area contributed by atoms with Gasteiger partial charge in [-0.15, -0.1) is 0 Å². The highest BCUT2D eigenvalue weighted by Crippen LogP contribution is 2.11. The van der Waals surface area contributed by atoms with Gasteiger partial charge in [0, 0.05) is 6.04 Å². The summed E-state index contributed by atoms with van der Waals surface area (Å²) in [5.41, 5.74) is 1.29. The van der Waals surface area contributed by atoms with Crippen molar-refractivity contribution in [3.63, 3.8) is 0 Å². The largest absolute Gasteiger partial charge is 0.310 e. The molecule has 1 nitrogen and oxygen atoms in total. The molecule has 1 atom stereocenters. The van der Waals surface area contributed by atoms with Crippen molar-refractivity contribution in [3.8, 4) is 0 Å². The fourth-order valence-corrected chi connectivity index (χ4v) is 1.27. The zero-order chi connectivity index (χ0) is 6.69. The molecular formula is C8H15N. The average molecular weight is 125 g/mol. The molecule has 1 N–H and O–H groups in total. The lowest BCUT2D eigenvalue weighted by Crippen LogP contribution is -2.34. The van der Waals surface area contributed by atoms with Gasteiger partial charge in [-0.05, 0) is 26.3 Å². The number of hydrogen-bond acceptors (Lipinski definition) is 1. The topological polar surface area (TPSA) is 12.0 Å². The zero-order valence-electron chi connectivity index (χ0n) is 6.11. The van der Waals surface area contributed by atoms with Gasteiger partial charge in [0.2, 0.25) is 0 Å². The molecule has 0 unspecified atom stereocenters. The maximum absolute atomic E-state index is 3.92. The van der Waals surface area contributed by atoms with Gasteiger partial charge in [-0.2, -0.15) is 0 Å². The van der Waals surface area contributed by atoms with Crippen LogP contribution in [0, 0.1) is 0 Å². The Kier molecular flexibility index (Phi) is 2.29. The van der Waals surface area contributed by atoms with Gasteiger partial charge in [-0.1, -0.05) is 18.6 Å². The summed E-state index contributed by atoms with van der Waals surface area (Å²) >= 11 is 0. The predicted octanol–water partition coefficient (Wildman–Crippen LogP) is 1.70. The Morgan fingerprint density at radius 1 is 1.56 bits per heavy atom. The monoisotopic (exact) mass is 125 g/mol. The van der Waals surface area contributed by atoms with Crippen LogP contribution in [0.3, 0.4) is 0 Å². The average Bonchev–Trinajstić information content (AvgIpc) is 1.90. The van der Waals surface area contributed by atoms with Gasteiger partial charge in [-0.25, -0.2) is 0 Å². The fourth-order valence-electron chi connectivity index (χ4n) is 1.27. The SMILES string of the molecule is C=C(C)[C@H]1CCCCN1. The van der Waals surface area contributed by atoms with Gasteiger partial charge in [0.1, 0.15) is 0 Å². The minimum Gasteiger partial charge on any atom is -0.310 e.